The minimum absolute atomic E-state index is 0.264. The highest BCUT2D eigenvalue weighted by Crippen LogP contribution is 2.29. The van der Waals surface area contributed by atoms with Crippen molar-refractivity contribution in [3.63, 3.8) is 0 Å². The van der Waals surface area contributed by atoms with Crippen LogP contribution in [0.1, 0.15) is 51.3 Å². The Morgan fingerprint density at radius 3 is 2.35 bits per heavy atom. The van der Waals surface area contributed by atoms with Gasteiger partial charge in [-0.15, -0.1) is 0 Å². The predicted molar refractivity (Wildman–Crippen MR) is 74.1 cm³/mol. The highest BCUT2D eigenvalue weighted by molar-refractivity contribution is 5.37. The largest absolute Gasteiger partial charge is 0.295 e. The van der Waals surface area contributed by atoms with Crippen LogP contribution < -0.4 is 0 Å². The van der Waals surface area contributed by atoms with Gasteiger partial charge >= 0.3 is 0 Å². The Morgan fingerprint density at radius 1 is 1.12 bits per heavy atom. The van der Waals surface area contributed by atoms with E-state index in [1.165, 1.54) is 23.2 Å². The molecule has 0 fully saturated rings. The van der Waals surface area contributed by atoms with E-state index in [-0.39, 0.29) is 5.41 Å². The van der Waals surface area contributed by atoms with Gasteiger partial charge < -0.3 is 0 Å². The summed E-state index contributed by atoms with van der Waals surface area (Å²) >= 11 is 0. The van der Waals surface area contributed by atoms with Crippen molar-refractivity contribution < 1.29 is 0 Å². The lowest BCUT2D eigenvalue weighted by molar-refractivity contribution is 0.251. The SMILES string of the molecule is CC(C)CN1Cc2ccc(C(C)(C)C)cc2C1. The van der Waals surface area contributed by atoms with E-state index in [1.807, 2.05) is 0 Å². The monoisotopic (exact) mass is 231 g/mol. The molecule has 1 heterocycles. The van der Waals surface area contributed by atoms with Crippen molar-refractivity contribution in [3.05, 3.63) is 34.9 Å². The van der Waals surface area contributed by atoms with Crippen LogP contribution in [0.3, 0.4) is 0 Å². The molecule has 1 aromatic rings. The van der Waals surface area contributed by atoms with Gasteiger partial charge in [0.25, 0.3) is 0 Å². The van der Waals surface area contributed by atoms with Crippen LogP contribution in [0.25, 0.3) is 0 Å². The fourth-order valence-corrected chi connectivity index (χ4v) is 2.58. The molecule has 0 radical (unpaired) electrons. The van der Waals surface area contributed by atoms with E-state index < -0.39 is 0 Å². The summed E-state index contributed by atoms with van der Waals surface area (Å²) < 4.78 is 0. The second kappa shape index (κ2) is 4.45. The van der Waals surface area contributed by atoms with E-state index in [1.54, 1.807) is 0 Å². The van der Waals surface area contributed by atoms with Gasteiger partial charge in [-0.05, 0) is 28.0 Å². The summed E-state index contributed by atoms with van der Waals surface area (Å²) in [5.74, 6) is 0.756. The molecule has 0 amide bonds. The van der Waals surface area contributed by atoms with Gasteiger partial charge in [-0.25, -0.2) is 0 Å². The van der Waals surface area contributed by atoms with Crippen LogP contribution in [0.5, 0.6) is 0 Å². The Bertz CT molecular complexity index is 398. The second-order valence-corrected chi connectivity index (χ2v) is 6.80. The molecule has 0 unspecified atom stereocenters. The number of benzene rings is 1. The van der Waals surface area contributed by atoms with Gasteiger partial charge in [0.1, 0.15) is 0 Å². The molecule has 1 aliphatic rings. The first-order chi connectivity index (χ1) is 7.86. The molecule has 0 saturated heterocycles. The first-order valence-electron chi connectivity index (χ1n) is 6.71. The van der Waals surface area contributed by atoms with Gasteiger partial charge in [0.2, 0.25) is 0 Å². The lowest BCUT2D eigenvalue weighted by atomic mass is 9.85. The molecule has 0 spiro atoms. The molecule has 1 heteroatoms. The fraction of sp³-hybridized carbons (Fsp3) is 0.625. The van der Waals surface area contributed by atoms with Gasteiger partial charge in [-0.2, -0.15) is 0 Å². The van der Waals surface area contributed by atoms with Crippen LogP contribution in [0.4, 0.5) is 0 Å². The summed E-state index contributed by atoms with van der Waals surface area (Å²) in [7, 11) is 0. The summed E-state index contributed by atoms with van der Waals surface area (Å²) in [6.45, 7) is 14.9. The maximum absolute atomic E-state index is 2.56. The Labute approximate surface area is 106 Å². The Morgan fingerprint density at radius 2 is 1.76 bits per heavy atom. The molecule has 0 aromatic heterocycles. The van der Waals surface area contributed by atoms with Crippen molar-refractivity contribution in [1.29, 1.82) is 0 Å². The first-order valence-corrected chi connectivity index (χ1v) is 6.71. The summed E-state index contributed by atoms with van der Waals surface area (Å²) in [5.41, 5.74) is 4.79. The zero-order chi connectivity index (χ0) is 12.6. The molecule has 1 nitrogen and oxygen atoms in total. The molecule has 0 N–H and O–H groups in total. The Kier molecular flexibility index (Phi) is 3.31. The molecule has 2 rings (SSSR count). The van der Waals surface area contributed by atoms with Gasteiger partial charge in [0.05, 0.1) is 0 Å². The minimum Gasteiger partial charge on any atom is -0.295 e. The smallest absolute Gasteiger partial charge is 0.0240 e. The summed E-state index contributed by atoms with van der Waals surface area (Å²) in [5, 5.41) is 0. The van der Waals surface area contributed by atoms with E-state index in [0.717, 1.165) is 19.0 Å². The van der Waals surface area contributed by atoms with Crippen LogP contribution in [0.2, 0.25) is 0 Å². The zero-order valence-corrected chi connectivity index (χ0v) is 11.9. The number of fused-ring (bicyclic) bond motifs is 1. The van der Waals surface area contributed by atoms with Crippen molar-refractivity contribution in [2.24, 2.45) is 5.92 Å². The predicted octanol–water partition coefficient (Wildman–Crippen LogP) is 3.96. The van der Waals surface area contributed by atoms with Gasteiger partial charge in [-0.3, -0.25) is 4.90 Å². The minimum atomic E-state index is 0.264. The van der Waals surface area contributed by atoms with Gasteiger partial charge in [0.15, 0.2) is 0 Å². The zero-order valence-electron chi connectivity index (χ0n) is 11.9. The topological polar surface area (TPSA) is 3.24 Å². The molecule has 0 aliphatic carbocycles. The van der Waals surface area contributed by atoms with Crippen LogP contribution >= 0.6 is 0 Å². The normalized spacial score (nSPS) is 16.6. The Balaban J connectivity index is 2.17. The van der Waals surface area contributed by atoms with Crippen LogP contribution in [0.15, 0.2) is 18.2 Å². The molecule has 0 bridgehead atoms. The molecule has 1 aromatic carbocycles. The summed E-state index contributed by atoms with van der Waals surface area (Å²) in [6, 6.07) is 7.05. The van der Waals surface area contributed by atoms with Gasteiger partial charge in [-0.1, -0.05) is 52.8 Å². The summed E-state index contributed by atoms with van der Waals surface area (Å²) in [4.78, 5) is 2.56. The first kappa shape index (κ1) is 12.6. The average Bonchev–Trinajstić information content (AvgIpc) is 2.55. The van der Waals surface area contributed by atoms with Crippen LogP contribution in [-0.4, -0.2) is 11.4 Å². The summed E-state index contributed by atoms with van der Waals surface area (Å²) in [6.07, 6.45) is 0. The fourth-order valence-electron chi connectivity index (χ4n) is 2.58. The van der Waals surface area contributed by atoms with Gasteiger partial charge in [0, 0.05) is 19.6 Å². The molecule has 17 heavy (non-hydrogen) atoms. The molecular weight excluding hydrogens is 206 g/mol. The molecule has 0 atom stereocenters. The Hall–Kier alpha value is -0.820. The van der Waals surface area contributed by atoms with E-state index in [9.17, 15) is 0 Å². The molecular formula is C16H25N. The third-order valence-corrected chi connectivity index (χ3v) is 3.48. The lowest BCUT2D eigenvalue weighted by Gasteiger charge is -2.19. The number of nitrogens with zero attached hydrogens (tertiary/aromatic N) is 1. The van der Waals surface area contributed by atoms with E-state index >= 15 is 0 Å². The van der Waals surface area contributed by atoms with E-state index in [0.29, 0.717) is 0 Å². The standard InChI is InChI=1S/C16H25N/c1-12(2)9-17-10-13-6-7-15(16(3,4)5)8-14(13)11-17/h6-8,12H,9-11H2,1-5H3. The molecule has 94 valence electrons. The van der Waals surface area contributed by atoms with Crippen molar-refractivity contribution in [1.82, 2.24) is 4.90 Å². The van der Waals surface area contributed by atoms with Crippen molar-refractivity contribution in [3.8, 4) is 0 Å². The third kappa shape index (κ3) is 2.90. The van der Waals surface area contributed by atoms with E-state index in [4.69, 9.17) is 0 Å². The maximum Gasteiger partial charge on any atom is 0.0240 e. The highest BCUT2D eigenvalue weighted by atomic mass is 15.1. The van der Waals surface area contributed by atoms with E-state index in [2.05, 4.69) is 57.7 Å². The van der Waals surface area contributed by atoms with Crippen LogP contribution in [-0.2, 0) is 18.5 Å². The van der Waals surface area contributed by atoms with Crippen molar-refractivity contribution in [2.75, 3.05) is 6.54 Å². The molecule has 1 aliphatic heterocycles. The second-order valence-electron chi connectivity index (χ2n) is 6.80. The quantitative estimate of drug-likeness (QED) is 0.745. The average molecular weight is 231 g/mol. The van der Waals surface area contributed by atoms with Crippen molar-refractivity contribution >= 4 is 0 Å². The lowest BCUT2D eigenvalue weighted by Crippen LogP contribution is -2.21. The third-order valence-electron chi connectivity index (χ3n) is 3.48. The van der Waals surface area contributed by atoms with Crippen LogP contribution in [0, 0.1) is 5.92 Å². The van der Waals surface area contributed by atoms with Crippen molar-refractivity contribution in [2.45, 2.75) is 53.1 Å². The number of hydrogen-bond donors (Lipinski definition) is 0. The number of hydrogen-bond acceptors (Lipinski definition) is 1. The highest BCUT2D eigenvalue weighted by Gasteiger charge is 2.22. The molecule has 0 saturated carbocycles. The number of rotatable bonds is 2. The maximum atomic E-state index is 2.56.